The molecule has 0 bridgehead atoms. The fourth-order valence-corrected chi connectivity index (χ4v) is 9.98. The fraction of sp³-hybridized carbons (Fsp3) is 0.192. The predicted molar refractivity (Wildman–Crippen MR) is 149 cm³/mol. The van der Waals surface area contributed by atoms with Crippen molar-refractivity contribution in [3.8, 4) is 0 Å². The zero-order valence-electron chi connectivity index (χ0n) is 20.9. The van der Waals surface area contributed by atoms with Crippen LogP contribution in [0, 0.1) is 0 Å². The van der Waals surface area contributed by atoms with Crippen molar-refractivity contribution in [3.05, 3.63) is 105 Å². The number of sulfonamides is 1. The Labute approximate surface area is 235 Å². The molecule has 0 aromatic heterocycles. The average Bonchev–Trinajstić information content (AvgIpc) is 2.91. The number of sulfone groups is 1. The Morgan fingerprint density at radius 1 is 0.821 bits per heavy atom. The van der Waals surface area contributed by atoms with Gasteiger partial charge in [-0.1, -0.05) is 58.4 Å². The number of carbonyl (C=O) groups is 1. The first-order valence-corrected chi connectivity index (χ1v) is 17.1. The molecule has 0 fully saturated rings. The lowest BCUT2D eigenvalue weighted by Crippen LogP contribution is -2.48. The zero-order valence-corrected chi connectivity index (χ0v) is 25.0. The van der Waals surface area contributed by atoms with Crippen LogP contribution in [-0.4, -0.2) is 35.8 Å². The van der Waals surface area contributed by atoms with Crippen molar-refractivity contribution in [2.75, 3.05) is 13.2 Å². The van der Waals surface area contributed by atoms with E-state index in [1.807, 2.05) is 0 Å². The summed E-state index contributed by atoms with van der Waals surface area (Å²) in [5.74, 6) is -0.882. The standard InChI is InChI=1S/C26H25BrNO8PS2/c1-3-35-37(30,36-4-2)26(28-39(33,34)21-16-14-19(27)15-17-21)18-24(25(29)22-12-8-9-13-23(22)26)38(31,32)20-10-6-5-7-11-20/h5-18,28H,3-4H2,1-2H3. The third-order valence-corrected chi connectivity index (χ3v) is 12.4. The molecule has 0 saturated carbocycles. The highest BCUT2D eigenvalue weighted by Crippen LogP contribution is 2.66. The van der Waals surface area contributed by atoms with Gasteiger partial charge in [0.05, 0.1) is 23.0 Å². The Morgan fingerprint density at radius 2 is 1.38 bits per heavy atom. The second-order valence-corrected chi connectivity index (χ2v) is 15.1. The first-order valence-electron chi connectivity index (χ1n) is 11.8. The molecule has 39 heavy (non-hydrogen) atoms. The molecule has 3 aromatic carbocycles. The monoisotopic (exact) mass is 653 g/mol. The van der Waals surface area contributed by atoms with Gasteiger partial charge in [-0.3, -0.25) is 9.36 Å². The van der Waals surface area contributed by atoms with Gasteiger partial charge in [-0.05, 0) is 56.3 Å². The maximum absolute atomic E-state index is 14.6. The van der Waals surface area contributed by atoms with Crippen LogP contribution in [0.15, 0.2) is 104 Å². The minimum absolute atomic E-state index is 0.0621. The van der Waals surface area contributed by atoms with Crippen LogP contribution in [0.1, 0.15) is 29.8 Å². The molecule has 4 rings (SSSR count). The summed E-state index contributed by atoms with van der Waals surface area (Å²) in [6.07, 6.45) is 0.864. The highest BCUT2D eigenvalue weighted by atomic mass is 79.9. The van der Waals surface area contributed by atoms with Crippen LogP contribution in [0.3, 0.4) is 0 Å². The topological polar surface area (TPSA) is 133 Å². The van der Waals surface area contributed by atoms with Gasteiger partial charge in [-0.15, -0.1) is 0 Å². The number of hydrogen-bond donors (Lipinski definition) is 1. The summed E-state index contributed by atoms with van der Waals surface area (Å²) in [5.41, 5.74) is -0.222. The molecule has 0 radical (unpaired) electrons. The van der Waals surface area contributed by atoms with Gasteiger partial charge >= 0.3 is 7.60 Å². The third kappa shape index (κ3) is 5.35. The number of nitrogens with one attached hydrogen (secondary N) is 1. The second kappa shape index (κ2) is 11.2. The number of Topliss-reactive ketones (excluding diaryl/α,β-unsaturated/α-hetero) is 1. The van der Waals surface area contributed by atoms with Crippen molar-refractivity contribution < 1.29 is 35.2 Å². The Hall–Kier alpha value is -2.44. The van der Waals surface area contributed by atoms with Crippen LogP contribution in [0.4, 0.5) is 0 Å². The number of benzene rings is 3. The Kier molecular flexibility index (Phi) is 8.49. The number of ketones is 1. The molecule has 0 spiro atoms. The number of fused-ring (bicyclic) bond motifs is 1. The molecule has 0 saturated heterocycles. The maximum atomic E-state index is 14.6. The summed E-state index contributed by atoms with van der Waals surface area (Å²) >= 11 is 3.26. The van der Waals surface area contributed by atoms with E-state index in [1.54, 1.807) is 6.07 Å². The van der Waals surface area contributed by atoms with Crippen molar-refractivity contribution in [1.29, 1.82) is 0 Å². The van der Waals surface area contributed by atoms with Gasteiger partial charge < -0.3 is 9.05 Å². The highest BCUT2D eigenvalue weighted by Gasteiger charge is 2.58. The van der Waals surface area contributed by atoms with E-state index in [2.05, 4.69) is 20.7 Å². The van der Waals surface area contributed by atoms with Gasteiger partial charge in [0.1, 0.15) is 4.91 Å². The van der Waals surface area contributed by atoms with Crippen molar-refractivity contribution in [2.45, 2.75) is 28.9 Å². The van der Waals surface area contributed by atoms with Gasteiger partial charge in [0.25, 0.3) is 0 Å². The molecular weight excluding hydrogens is 629 g/mol. The lowest BCUT2D eigenvalue weighted by molar-refractivity contribution is 0.103. The first-order chi connectivity index (χ1) is 18.4. The molecule has 1 aliphatic rings. The van der Waals surface area contributed by atoms with Gasteiger partial charge in [-0.25, -0.2) is 16.8 Å². The van der Waals surface area contributed by atoms with Crippen molar-refractivity contribution >= 4 is 49.2 Å². The summed E-state index contributed by atoms with van der Waals surface area (Å²) in [6.45, 7) is 2.75. The summed E-state index contributed by atoms with van der Waals surface area (Å²) in [4.78, 5) is 12.5. The molecule has 206 valence electrons. The Morgan fingerprint density at radius 3 is 1.97 bits per heavy atom. The summed E-state index contributed by atoms with van der Waals surface area (Å²) in [6, 6.07) is 18.6. The van der Waals surface area contributed by atoms with Gasteiger partial charge in [0.2, 0.25) is 25.6 Å². The van der Waals surface area contributed by atoms with E-state index in [4.69, 9.17) is 9.05 Å². The number of allylic oxidation sites excluding steroid dienone is 1. The quantitative estimate of drug-likeness (QED) is 0.288. The van der Waals surface area contributed by atoms with Crippen LogP contribution in [0.5, 0.6) is 0 Å². The van der Waals surface area contributed by atoms with Crippen molar-refractivity contribution in [1.82, 2.24) is 4.72 Å². The van der Waals surface area contributed by atoms with Crippen LogP contribution in [0.25, 0.3) is 0 Å². The van der Waals surface area contributed by atoms with Crippen LogP contribution in [-0.2, 0) is 38.8 Å². The van der Waals surface area contributed by atoms with E-state index in [9.17, 15) is 26.2 Å². The molecule has 13 heteroatoms. The lowest BCUT2D eigenvalue weighted by atomic mass is 9.92. The average molecular weight is 654 g/mol. The van der Waals surface area contributed by atoms with Gasteiger partial charge in [0.15, 0.2) is 5.28 Å². The molecule has 1 unspecified atom stereocenters. The molecule has 9 nitrogen and oxygen atoms in total. The lowest BCUT2D eigenvalue weighted by Gasteiger charge is -2.40. The van der Waals surface area contributed by atoms with E-state index >= 15 is 0 Å². The second-order valence-electron chi connectivity index (χ2n) is 8.36. The summed E-state index contributed by atoms with van der Waals surface area (Å²) < 4.78 is 84.0. The number of carbonyl (C=O) groups excluding carboxylic acids is 1. The summed E-state index contributed by atoms with van der Waals surface area (Å²) in [5, 5.41) is -2.41. The number of rotatable bonds is 10. The molecular formula is C26H25BrNO8PS2. The normalized spacial score (nSPS) is 17.9. The third-order valence-electron chi connectivity index (χ3n) is 5.93. The molecule has 1 aliphatic carbocycles. The van der Waals surface area contributed by atoms with Crippen LogP contribution < -0.4 is 4.72 Å². The maximum Gasteiger partial charge on any atom is 0.360 e. The molecule has 0 amide bonds. The minimum atomic E-state index is -4.60. The van der Waals surface area contributed by atoms with Gasteiger partial charge in [0, 0.05) is 15.6 Å². The molecule has 1 atom stereocenters. The zero-order chi connectivity index (χ0) is 28.5. The SMILES string of the molecule is CCOP(=O)(OCC)C1(NS(=O)(=O)c2ccc(Br)cc2)C=C(S(=O)(=O)c2ccccc2)C(=O)c2ccccc21. The molecule has 3 aromatic rings. The van der Waals surface area contributed by atoms with Crippen molar-refractivity contribution in [3.63, 3.8) is 0 Å². The fourth-order valence-electron chi connectivity index (χ4n) is 4.23. The predicted octanol–water partition coefficient (Wildman–Crippen LogP) is 5.40. The van der Waals surface area contributed by atoms with E-state index in [0.717, 1.165) is 6.08 Å². The first kappa shape index (κ1) is 29.5. The van der Waals surface area contributed by atoms with E-state index in [-0.39, 0.29) is 34.1 Å². The largest absolute Gasteiger partial charge is 0.360 e. The highest BCUT2D eigenvalue weighted by molar-refractivity contribution is 9.10. The minimum Gasteiger partial charge on any atom is -0.307 e. The van der Waals surface area contributed by atoms with E-state index < -0.39 is 43.4 Å². The number of hydrogen-bond acceptors (Lipinski definition) is 8. The Balaban J connectivity index is 2.10. The molecule has 1 N–H and O–H groups in total. The van der Waals surface area contributed by atoms with E-state index in [0.29, 0.717) is 4.47 Å². The smallest absolute Gasteiger partial charge is 0.307 e. The van der Waals surface area contributed by atoms with E-state index in [1.165, 1.54) is 86.6 Å². The summed E-state index contributed by atoms with van der Waals surface area (Å²) in [7, 11) is -13.6. The van der Waals surface area contributed by atoms with Crippen LogP contribution in [0.2, 0.25) is 0 Å². The molecule has 0 aliphatic heterocycles. The van der Waals surface area contributed by atoms with Gasteiger partial charge in [-0.2, -0.15) is 4.72 Å². The number of halogens is 1. The van der Waals surface area contributed by atoms with Crippen LogP contribution >= 0.6 is 23.5 Å². The molecule has 0 heterocycles. The van der Waals surface area contributed by atoms with Crippen molar-refractivity contribution in [2.24, 2.45) is 0 Å². The Bertz CT molecular complexity index is 1680.